The van der Waals surface area contributed by atoms with Gasteiger partial charge in [-0.2, -0.15) is 0 Å². The normalized spacial score (nSPS) is 21.3. The SMILES string of the molecule is C=CNC(=O)C(CCC)N1C(=O)c2cc3c(cc2C1=O)CN(CC=O)C3.C[C@@H]1Cc2c([nH]c3ccccc23)[C@@H](c2c(F)cc(N3CC4(CCN(C)C4)C3)cc2F)N1CC(F)F. The van der Waals surface area contributed by atoms with Crippen LogP contribution in [0.3, 0.4) is 0 Å². The molecule has 1 aromatic heterocycles. The van der Waals surface area contributed by atoms with Crippen LogP contribution in [0.25, 0.3) is 10.9 Å². The van der Waals surface area contributed by atoms with Crippen LogP contribution in [-0.4, -0.2) is 113 Å². The van der Waals surface area contributed by atoms with Gasteiger partial charge in [0, 0.05) is 72.0 Å². The van der Waals surface area contributed by atoms with E-state index in [0.717, 1.165) is 71.4 Å². The number of nitrogens with zero attached hydrogens (tertiary/aromatic N) is 5. The van der Waals surface area contributed by atoms with Crippen molar-refractivity contribution in [1.82, 2.24) is 29.9 Å². The summed E-state index contributed by atoms with van der Waals surface area (Å²) in [7, 11) is 2.10. The van der Waals surface area contributed by atoms with E-state index in [1.807, 2.05) is 47.9 Å². The number of aromatic nitrogens is 1. The molecule has 0 aliphatic carbocycles. The van der Waals surface area contributed by atoms with Crippen molar-refractivity contribution in [1.29, 1.82) is 0 Å². The van der Waals surface area contributed by atoms with Gasteiger partial charge in [0.2, 0.25) is 5.91 Å². The van der Waals surface area contributed by atoms with Crippen molar-refractivity contribution >= 4 is 40.6 Å². The smallest absolute Gasteiger partial charge is 0.262 e. The number of alkyl halides is 2. The Hall–Kier alpha value is -5.38. The predicted molar refractivity (Wildman–Crippen MR) is 223 cm³/mol. The number of likely N-dealkylation sites (tertiary alicyclic amines) is 1. The quantitative estimate of drug-likeness (QED) is 0.101. The highest BCUT2D eigenvalue weighted by molar-refractivity contribution is 6.23. The molecule has 2 fully saturated rings. The number of anilines is 1. The number of benzene rings is 3. The Bertz CT molecular complexity index is 2330. The third kappa shape index (κ3) is 7.76. The minimum Gasteiger partial charge on any atom is -0.370 e. The molecule has 0 bridgehead atoms. The molecule has 2 N–H and O–H groups in total. The van der Waals surface area contributed by atoms with Crippen LogP contribution in [0.1, 0.15) is 87.8 Å². The monoisotopic (exact) mass is 841 g/mol. The molecule has 0 saturated carbocycles. The predicted octanol–water partition coefficient (Wildman–Crippen LogP) is 6.41. The van der Waals surface area contributed by atoms with Gasteiger partial charge in [0.1, 0.15) is 24.0 Å². The van der Waals surface area contributed by atoms with Crippen molar-refractivity contribution in [2.75, 3.05) is 51.2 Å². The summed E-state index contributed by atoms with van der Waals surface area (Å²) in [6.45, 7) is 11.7. The van der Waals surface area contributed by atoms with Gasteiger partial charge in [-0.3, -0.25) is 29.1 Å². The van der Waals surface area contributed by atoms with Crippen LogP contribution in [0, 0.1) is 17.0 Å². The Morgan fingerprint density at radius 2 is 1.67 bits per heavy atom. The Balaban J connectivity index is 0.000000177. The molecular formula is C46H51F4N7O4. The van der Waals surface area contributed by atoms with Gasteiger partial charge in [-0.15, -0.1) is 0 Å². The minimum atomic E-state index is -2.61. The van der Waals surface area contributed by atoms with Gasteiger partial charge >= 0.3 is 0 Å². The highest BCUT2D eigenvalue weighted by Crippen LogP contribution is 2.46. The van der Waals surface area contributed by atoms with E-state index in [1.54, 1.807) is 12.1 Å². The van der Waals surface area contributed by atoms with Gasteiger partial charge < -0.3 is 24.9 Å². The Morgan fingerprint density at radius 1 is 1.02 bits per heavy atom. The topological polar surface area (TPSA) is 112 Å². The molecule has 1 unspecified atom stereocenters. The van der Waals surface area contributed by atoms with Crippen molar-refractivity contribution in [3.05, 3.63) is 112 Å². The minimum absolute atomic E-state index is 0.162. The number of aromatic amines is 1. The van der Waals surface area contributed by atoms with Gasteiger partial charge in [-0.25, -0.2) is 17.6 Å². The molecule has 1 spiro atoms. The first kappa shape index (κ1) is 42.3. The maximum atomic E-state index is 15.7. The first-order valence-electron chi connectivity index (χ1n) is 20.9. The second-order valence-electron chi connectivity index (χ2n) is 17.3. The maximum absolute atomic E-state index is 15.7. The molecule has 0 radical (unpaired) electrons. The van der Waals surface area contributed by atoms with E-state index in [0.29, 0.717) is 61.4 Å². The van der Waals surface area contributed by atoms with Crippen LogP contribution in [0.15, 0.2) is 61.3 Å². The highest BCUT2D eigenvalue weighted by atomic mass is 19.3. The Morgan fingerprint density at radius 3 is 2.25 bits per heavy atom. The lowest BCUT2D eigenvalue weighted by molar-refractivity contribution is -0.124. The number of nitrogens with one attached hydrogen (secondary N) is 2. The van der Waals surface area contributed by atoms with Gasteiger partial charge in [0.05, 0.1) is 30.3 Å². The molecule has 5 aliphatic rings. The summed E-state index contributed by atoms with van der Waals surface area (Å²) < 4.78 is 58.7. The molecule has 3 amide bonds. The highest BCUT2D eigenvalue weighted by Gasteiger charge is 2.48. The molecule has 3 aromatic carbocycles. The summed E-state index contributed by atoms with van der Waals surface area (Å²) in [5.41, 5.74) is 5.49. The number of H-pyrrole nitrogens is 1. The molecule has 5 aliphatic heterocycles. The fourth-order valence-corrected chi connectivity index (χ4v) is 10.2. The van der Waals surface area contributed by atoms with E-state index in [4.69, 9.17) is 0 Å². The number of hydrogen-bond acceptors (Lipinski definition) is 8. The number of imide groups is 1. The molecule has 11 nitrogen and oxygen atoms in total. The van der Waals surface area contributed by atoms with E-state index >= 15 is 8.78 Å². The molecule has 322 valence electrons. The van der Waals surface area contributed by atoms with Crippen LogP contribution >= 0.6 is 0 Å². The van der Waals surface area contributed by atoms with E-state index < -0.39 is 54.4 Å². The van der Waals surface area contributed by atoms with Crippen LogP contribution in [0.4, 0.5) is 23.2 Å². The summed E-state index contributed by atoms with van der Waals surface area (Å²) >= 11 is 0. The molecule has 61 heavy (non-hydrogen) atoms. The second-order valence-corrected chi connectivity index (χ2v) is 17.3. The second kappa shape index (κ2) is 16.8. The number of rotatable bonds is 11. The zero-order chi connectivity index (χ0) is 43.3. The molecular weight excluding hydrogens is 791 g/mol. The third-order valence-corrected chi connectivity index (χ3v) is 13.0. The van der Waals surface area contributed by atoms with Gasteiger partial charge in [-0.1, -0.05) is 38.1 Å². The van der Waals surface area contributed by atoms with E-state index in [-0.39, 0.29) is 17.0 Å². The maximum Gasteiger partial charge on any atom is 0.262 e. The molecule has 15 heteroatoms. The van der Waals surface area contributed by atoms with Gasteiger partial charge in [0.25, 0.3) is 18.2 Å². The van der Waals surface area contributed by atoms with Crippen LogP contribution in [-0.2, 0) is 29.1 Å². The first-order valence-corrected chi connectivity index (χ1v) is 20.9. The third-order valence-electron chi connectivity index (χ3n) is 13.0. The van der Waals surface area contributed by atoms with Crippen molar-refractivity contribution in [3.8, 4) is 0 Å². The lowest BCUT2D eigenvalue weighted by Gasteiger charge is -2.49. The first-order chi connectivity index (χ1) is 29.3. The van der Waals surface area contributed by atoms with E-state index in [2.05, 4.69) is 28.8 Å². The molecule has 2 saturated heterocycles. The summed E-state index contributed by atoms with van der Waals surface area (Å²) in [5.74, 6) is -2.68. The van der Waals surface area contributed by atoms with Crippen LogP contribution in [0.2, 0.25) is 0 Å². The molecule has 9 rings (SSSR count). The van der Waals surface area contributed by atoms with E-state index in [1.165, 1.54) is 23.2 Å². The number of hydrogen-bond donors (Lipinski definition) is 2. The number of fused-ring (bicyclic) bond motifs is 5. The van der Waals surface area contributed by atoms with Crippen molar-refractivity contribution in [2.24, 2.45) is 5.41 Å². The Labute approximate surface area is 352 Å². The number of para-hydroxylation sites is 1. The van der Waals surface area contributed by atoms with Gasteiger partial charge in [0.15, 0.2) is 0 Å². The average Bonchev–Trinajstić information content (AvgIpc) is 3.96. The number of carbonyl (C=O) groups excluding carboxylic acids is 4. The largest absolute Gasteiger partial charge is 0.370 e. The van der Waals surface area contributed by atoms with Crippen molar-refractivity contribution in [3.63, 3.8) is 0 Å². The standard InChI is InChI=1S/C27H30F4N4.C19H21N3O4/c1-16-9-19-18-5-3-4-6-22(18)32-25(19)26(35(16)12-23(30)31)24-20(28)10-17(11-21(24)29)34-14-27(15-34)7-8-33(2)13-27;1-3-5-16(17(24)20-4-2)22-18(25)14-8-12-10-21(6-7-23)11-13(12)9-15(14)19(22)26/h3-6,10-11,16,23,26,32H,7-9,12-15H2,1-2H3;4,7-9,16H,2-3,5-6,10-11H2,1H3,(H,20,24)/t16-,26-;/m1./s1. The number of amides is 3. The number of carbonyl (C=O) groups is 4. The van der Waals surface area contributed by atoms with E-state index in [9.17, 15) is 28.0 Å². The number of aldehydes is 1. The zero-order valence-electron chi connectivity index (χ0n) is 34.7. The lowest BCUT2D eigenvalue weighted by Crippen LogP contribution is -2.57. The Kier molecular flexibility index (Phi) is 11.7. The summed E-state index contributed by atoms with van der Waals surface area (Å²) in [5, 5.41) is 3.45. The number of halogens is 4. The zero-order valence-corrected chi connectivity index (χ0v) is 34.7. The van der Waals surface area contributed by atoms with Crippen LogP contribution < -0.4 is 10.2 Å². The summed E-state index contributed by atoms with van der Waals surface area (Å²) in [4.78, 5) is 60.9. The van der Waals surface area contributed by atoms with Gasteiger partial charge in [-0.05, 0) is 93.0 Å². The van der Waals surface area contributed by atoms with Crippen molar-refractivity contribution in [2.45, 2.75) is 77.2 Å². The summed E-state index contributed by atoms with van der Waals surface area (Å²) in [6, 6.07) is 11.8. The van der Waals surface area contributed by atoms with Crippen molar-refractivity contribution < 1.29 is 36.7 Å². The average molecular weight is 842 g/mol. The lowest BCUT2D eigenvalue weighted by atomic mass is 9.78. The van der Waals surface area contributed by atoms with Crippen LogP contribution in [0.5, 0.6) is 0 Å². The molecule has 6 heterocycles. The fourth-order valence-electron chi connectivity index (χ4n) is 10.2. The molecule has 4 aromatic rings. The fraction of sp³-hybridized carbons (Fsp3) is 0.435. The molecule has 3 atom stereocenters. The summed E-state index contributed by atoms with van der Waals surface area (Å²) in [6.07, 6.45) is 2.14.